The Balaban J connectivity index is 1.70. The smallest absolute Gasteiger partial charge is 0.315 e. The number of aromatic amines is 1. The molecule has 2 heterocycles. The molecule has 5 amide bonds. The van der Waals surface area contributed by atoms with Crippen molar-refractivity contribution in [3.05, 3.63) is 36.0 Å². The van der Waals surface area contributed by atoms with Gasteiger partial charge in [-0.15, -0.1) is 9.53 Å². The van der Waals surface area contributed by atoms with Crippen molar-refractivity contribution >= 4 is 44.2 Å². The van der Waals surface area contributed by atoms with Crippen LogP contribution in [-0.2, 0) is 30.3 Å². The number of amides is 5. The minimum Gasteiger partial charge on any atom is -0.361 e. The molecule has 51 heavy (non-hydrogen) atoms. The van der Waals surface area contributed by atoms with Gasteiger partial charge in [0.15, 0.2) is 0 Å². The van der Waals surface area contributed by atoms with E-state index in [0.717, 1.165) is 16.5 Å². The Labute approximate surface area is 299 Å². The number of rotatable bonds is 14. The molecule has 1 aromatic carbocycles. The zero-order valence-electron chi connectivity index (χ0n) is 31.3. The number of benzene rings is 1. The summed E-state index contributed by atoms with van der Waals surface area (Å²) in [6.45, 7) is 11.3. The molecule has 0 saturated carbocycles. The summed E-state index contributed by atoms with van der Waals surface area (Å²) in [5, 5.41) is 11.7. The predicted octanol–water partition coefficient (Wildman–Crippen LogP) is 3.49. The molecule has 0 aliphatic carbocycles. The quantitative estimate of drug-likeness (QED) is 0.173. The van der Waals surface area contributed by atoms with Crippen LogP contribution in [0.5, 0.6) is 0 Å². The van der Waals surface area contributed by atoms with Crippen molar-refractivity contribution in [1.29, 1.82) is 0 Å². The summed E-state index contributed by atoms with van der Waals surface area (Å²) in [4.78, 5) is 58.5. The van der Waals surface area contributed by atoms with Crippen LogP contribution in [0.2, 0.25) is 0 Å². The molecule has 4 atom stereocenters. The van der Waals surface area contributed by atoms with Gasteiger partial charge in [-0.25, -0.2) is 17.9 Å². The molecule has 3 rings (SSSR count). The van der Waals surface area contributed by atoms with Gasteiger partial charge in [-0.2, -0.15) is 4.21 Å². The molecule has 1 saturated heterocycles. The van der Waals surface area contributed by atoms with Crippen LogP contribution in [-0.4, -0.2) is 116 Å². The number of nitrogens with zero attached hydrogens (tertiary/aromatic N) is 2. The summed E-state index contributed by atoms with van der Waals surface area (Å²) in [5.41, 5.74) is 0.536. The lowest BCUT2D eigenvalue weighted by molar-refractivity contribution is -0.142. The Morgan fingerprint density at radius 3 is 2.27 bits per heavy atom. The number of fused-ring (bicyclic) bond motifs is 1. The second kappa shape index (κ2) is 15.9. The lowest BCUT2D eigenvalue weighted by Crippen LogP contribution is -2.62. The van der Waals surface area contributed by atoms with Crippen LogP contribution in [0.1, 0.15) is 66.4 Å². The fourth-order valence-electron chi connectivity index (χ4n) is 5.91. The van der Waals surface area contributed by atoms with Crippen LogP contribution in [0.4, 0.5) is 13.6 Å². The van der Waals surface area contributed by atoms with Crippen LogP contribution in [0.25, 0.3) is 10.9 Å². The number of nitrogens with one attached hydrogen (secondary N) is 5. The predicted molar refractivity (Wildman–Crippen MR) is 196 cm³/mol. The number of hydrogen-bond donors (Lipinski definition) is 6. The zero-order valence-corrected chi connectivity index (χ0v) is 32.1. The van der Waals surface area contributed by atoms with Crippen molar-refractivity contribution in [3.8, 4) is 0 Å². The second-order valence-electron chi connectivity index (χ2n) is 16.1. The minimum atomic E-state index is -4.09. The average Bonchev–Trinajstić information content (AvgIpc) is 3.64. The van der Waals surface area contributed by atoms with Gasteiger partial charge >= 0.3 is 6.03 Å². The van der Waals surface area contributed by atoms with Gasteiger partial charge in [0, 0.05) is 68.8 Å². The standard InChI is InChI=1S/C35H57F2N7O6S/c1-34(2,3)27(21-43(7)51(8,9,49)50)41-33(48)42-29(35(4,5)6)32(47)44-18-12-15-26(44)31(46)40-25(19-28(36)37)30(45)38-17-16-22-20-39-24-14-11-10-13-23(22)24/h10-11,13-14,20,25-29,39H,12,15-19,21H2,1-9H3,(H,38,45)(H,40,46)(H,49,50)(H2,41,42,48)/t25-,26-,27+,29+/m0/s1. The van der Waals surface area contributed by atoms with Crippen molar-refractivity contribution in [3.63, 3.8) is 0 Å². The van der Waals surface area contributed by atoms with E-state index in [4.69, 9.17) is 0 Å². The normalized spacial score (nSPS) is 18.2. The number of carbonyl (C=O) groups is 4. The van der Waals surface area contributed by atoms with Gasteiger partial charge in [0.05, 0.1) is 0 Å². The third kappa shape index (κ3) is 11.7. The van der Waals surface area contributed by atoms with Crippen LogP contribution in [0.15, 0.2) is 30.5 Å². The molecular weight excluding hydrogens is 684 g/mol. The van der Waals surface area contributed by atoms with E-state index < -0.39 is 81.1 Å². The topological polar surface area (TPSA) is 176 Å². The highest BCUT2D eigenvalue weighted by Gasteiger charge is 2.43. The monoisotopic (exact) mass is 741 g/mol. The van der Waals surface area contributed by atoms with E-state index in [1.165, 1.54) is 28.8 Å². The fraction of sp³-hybridized carbons (Fsp3) is 0.657. The van der Waals surface area contributed by atoms with E-state index in [1.54, 1.807) is 20.8 Å². The molecule has 6 N–H and O–H groups in total. The molecule has 0 radical (unpaired) electrons. The molecule has 2 aromatic rings. The summed E-state index contributed by atoms with van der Waals surface area (Å²) in [5.74, 6) is -2.01. The fourth-order valence-corrected chi connectivity index (χ4v) is 6.49. The summed E-state index contributed by atoms with van der Waals surface area (Å²) < 4.78 is 51.7. The van der Waals surface area contributed by atoms with E-state index in [0.29, 0.717) is 12.8 Å². The maximum Gasteiger partial charge on any atom is 0.315 e. The number of carbonyl (C=O) groups excluding carboxylic acids is 4. The van der Waals surface area contributed by atoms with E-state index in [1.807, 2.05) is 51.2 Å². The number of halogens is 2. The lowest BCUT2D eigenvalue weighted by Gasteiger charge is -2.46. The van der Waals surface area contributed by atoms with Gasteiger partial charge in [0.2, 0.25) is 24.1 Å². The number of likely N-dealkylation sites (N-methyl/N-ethyl adjacent to an activating group) is 1. The Hall–Kier alpha value is -3.63. The van der Waals surface area contributed by atoms with E-state index >= 15 is 0 Å². The van der Waals surface area contributed by atoms with Crippen molar-refractivity contribution in [2.24, 2.45) is 10.8 Å². The van der Waals surface area contributed by atoms with Crippen molar-refractivity contribution in [2.45, 2.75) is 97.8 Å². The summed E-state index contributed by atoms with van der Waals surface area (Å²) in [7, 11) is -2.60. The second-order valence-corrected chi connectivity index (χ2v) is 20.2. The molecule has 0 spiro atoms. The first-order valence-corrected chi connectivity index (χ1v) is 19.9. The summed E-state index contributed by atoms with van der Waals surface area (Å²) >= 11 is 0. The minimum absolute atomic E-state index is 0.0463. The average molecular weight is 742 g/mol. The highest BCUT2D eigenvalue weighted by atomic mass is 32.3. The maximum atomic E-state index is 14.0. The molecule has 16 heteroatoms. The zero-order chi connectivity index (χ0) is 38.6. The SMILES string of the molecule is CN(C[C@@H](NC(=O)N[C@H](C(=O)N1CCC[C@H]1C(=O)N[C@@H](CC(F)F)C(=O)NCCc1c[nH]c2ccccc12)C(C)(C)C)C(C)(C)C)S(C)(C)(=O)O. The van der Waals surface area contributed by atoms with Crippen LogP contribution in [0.3, 0.4) is 0 Å². The maximum absolute atomic E-state index is 14.0. The lowest BCUT2D eigenvalue weighted by atomic mass is 9.85. The number of H-pyrrole nitrogens is 1. The summed E-state index contributed by atoms with van der Waals surface area (Å²) in [6.07, 6.45) is 1.65. The Kier molecular flexibility index (Phi) is 13.1. The van der Waals surface area contributed by atoms with Gasteiger partial charge in [-0.05, 0) is 41.7 Å². The van der Waals surface area contributed by atoms with Crippen molar-refractivity contribution in [2.75, 3.05) is 39.2 Å². The highest BCUT2D eigenvalue weighted by Crippen LogP contribution is 2.28. The van der Waals surface area contributed by atoms with E-state index in [2.05, 4.69) is 26.3 Å². The summed E-state index contributed by atoms with van der Waals surface area (Å²) in [6, 6.07) is 2.73. The molecular formula is C35H57F2N7O6S. The molecule has 0 unspecified atom stereocenters. The van der Waals surface area contributed by atoms with Crippen molar-refractivity contribution < 1.29 is 36.7 Å². The number of urea groups is 1. The van der Waals surface area contributed by atoms with Crippen LogP contribution >= 0.6 is 0 Å². The number of alkyl halides is 2. The first-order chi connectivity index (χ1) is 23.3. The largest absolute Gasteiger partial charge is 0.361 e. The molecule has 1 aliphatic heterocycles. The van der Waals surface area contributed by atoms with Gasteiger partial charge in [-0.1, -0.05) is 59.7 Å². The molecule has 288 valence electrons. The van der Waals surface area contributed by atoms with Crippen molar-refractivity contribution in [1.82, 2.24) is 35.5 Å². The van der Waals surface area contributed by atoms with E-state index in [-0.39, 0.29) is 26.1 Å². The van der Waals surface area contributed by atoms with Crippen LogP contribution in [0, 0.1) is 10.8 Å². The van der Waals surface area contributed by atoms with E-state index in [9.17, 15) is 36.7 Å². The number of hydrogen-bond acceptors (Lipinski definition) is 5. The Morgan fingerprint density at radius 1 is 1.04 bits per heavy atom. The van der Waals surface area contributed by atoms with Gasteiger partial charge in [-0.3, -0.25) is 18.9 Å². The molecule has 1 aromatic heterocycles. The first kappa shape index (κ1) is 41.8. The van der Waals surface area contributed by atoms with Gasteiger partial charge < -0.3 is 31.2 Å². The third-order valence-electron chi connectivity index (χ3n) is 9.32. The third-order valence-corrected chi connectivity index (χ3v) is 11.3. The Morgan fingerprint density at radius 2 is 1.69 bits per heavy atom. The molecule has 1 aliphatic rings. The first-order valence-electron chi connectivity index (χ1n) is 17.2. The Bertz CT molecular complexity index is 1620. The molecule has 0 bridgehead atoms. The molecule has 13 nitrogen and oxygen atoms in total. The van der Waals surface area contributed by atoms with Gasteiger partial charge in [0.1, 0.15) is 18.1 Å². The van der Waals surface area contributed by atoms with Gasteiger partial charge in [0.25, 0.3) is 0 Å². The highest BCUT2D eigenvalue weighted by molar-refractivity contribution is 8.11. The number of aromatic nitrogens is 1. The molecule has 1 fully saturated rings. The number of likely N-dealkylation sites (tertiary alicyclic amines) is 1. The van der Waals surface area contributed by atoms with Crippen LogP contribution < -0.4 is 21.3 Å². The number of para-hydroxylation sites is 1.